The molecule has 3 aromatic carbocycles. The van der Waals surface area contributed by atoms with Gasteiger partial charge in [-0.3, -0.25) is 0 Å². The molecule has 3 aromatic rings. The first-order valence-corrected chi connectivity index (χ1v) is 11.0. The molecule has 0 aromatic heterocycles. The molecule has 0 radical (unpaired) electrons. The third kappa shape index (κ3) is 5.48. The fraction of sp³-hybridized carbons (Fsp3) is 0.321. The van der Waals surface area contributed by atoms with Crippen LogP contribution in [-0.4, -0.2) is 29.4 Å². The van der Waals surface area contributed by atoms with Crippen molar-refractivity contribution in [3.8, 4) is 17.2 Å². The van der Waals surface area contributed by atoms with Gasteiger partial charge in [0.05, 0.1) is 0 Å². The molecule has 174 valence electrons. The number of carboxylic acids is 1. The van der Waals surface area contributed by atoms with Gasteiger partial charge in [-0.05, 0) is 40.8 Å². The van der Waals surface area contributed by atoms with Crippen LogP contribution in [0.3, 0.4) is 0 Å². The molecule has 2 N–H and O–H groups in total. The Kier molecular flexibility index (Phi) is 7.01. The molecule has 0 aliphatic rings. The maximum absolute atomic E-state index is 11.6. The summed E-state index contributed by atoms with van der Waals surface area (Å²) in [6.45, 7) is 11.2. The van der Waals surface area contributed by atoms with Crippen LogP contribution in [0.15, 0.2) is 66.7 Å². The number of hydrogen-bond acceptors (Lipinski definition) is 4. The van der Waals surface area contributed by atoms with E-state index < -0.39 is 11.4 Å². The molecule has 0 heterocycles. The second-order valence-corrected chi connectivity index (χ2v) is 9.60. The molecule has 0 spiro atoms. The van der Waals surface area contributed by atoms with Crippen molar-refractivity contribution in [3.05, 3.63) is 89.0 Å². The first kappa shape index (κ1) is 24.2. The molecule has 5 heteroatoms. The highest BCUT2D eigenvalue weighted by Gasteiger charge is 2.31. The van der Waals surface area contributed by atoms with Gasteiger partial charge in [-0.2, -0.15) is 0 Å². The lowest BCUT2D eigenvalue weighted by atomic mass is 9.74. The molecule has 0 bridgehead atoms. The first-order chi connectivity index (χ1) is 15.5. The van der Waals surface area contributed by atoms with Crippen LogP contribution in [0.5, 0.6) is 17.2 Å². The van der Waals surface area contributed by atoms with Crippen molar-refractivity contribution in [2.75, 3.05) is 13.2 Å². The molecule has 5 nitrogen and oxygen atoms in total. The topological polar surface area (TPSA) is 76.0 Å². The average molecular weight is 449 g/mol. The highest BCUT2D eigenvalue weighted by molar-refractivity contribution is 5.91. The van der Waals surface area contributed by atoms with Crippen LogP contribution >= 0.6 is 0 Å². The van der Waals surface area contributed by atoms with Crippen molar-refractivity contribution in [1.29, 1.82) is 0 Å². The Labute approximate surface area is 195 Å². The van der Waals surface area contributed by atoms with E-state index in [4.69, 9.17) is 9.47 Å². The van der Waals surface area contributed by atoms with E-state index >= 15 is 0 Å². The number of rotatable bonds is 8. The lowest BCUT2D eigenvalue weighted by Crippen LogP contribution is -2.24. The molecule has 0 aliphatic carbocycles. The van der Waals surface area contributed by atoms with Gasteiger partial charge in [0.15, 0.2) is 0 Å². The number of phenols is 1. The second-order valence-electron chi connectivity index (χ2n) is 9.60. The van der Waals surface area contributed by atoms with Crippen LogP contribution in [0.2, 0.25) is 0 Å². The number of carbonyl (C=O) groups is 1. The lowest BCUT2D eigenvalue weighted by molar-refractivity contribution is 0.0693. The molecular formula is C28H32O5. The Bertz CT molecular complexity index is 1110. The Morgan fingerprint density at radius 2 is 1.45 bits per heavy atom. The maximum Gasteiger partial charge on any atom is 0.339 e. The molecule has 33 heavy (non-hydrogen) atoms. The summed E-state index contributed by atoms with van der Waals surface area (Å²) < 4.78 is 12.1. The second kappa shape index (κ2) is 9.57. The highest BCUT2D eigenvalue weighted by atomic mass is 16.5. The minimum absolute atomic E-state index is 0.119. The number of carboxylic acid groups (broad SMARTS) is 1. The number of ether oxygens (including phenoxy) is 2. The molecule has 0 aliphatic heterocycles. The molecule has 0 atom stereocenters. The predicted octanol–water partition coefficient (Wildman–Crippen LogP) is 6.17. The summed E-state index contributed by atoms with van der Waals surface area (Å²) in [5.41, 5.74) is 1.92. The predicted molar refractivity (Wildman–Crippen MR) is 130 cm³/mol. The monoisotopic (exact) mass is 448 g/mol. The van der Waals surface area contributed by atoms with Crippen molar-refractivity contribution in [2.45, 2.75) is 45.4 Å². The summed E-state index contributed by atoms with van der Waals surface area (Å²) in [5.74, 6) is 0.149. The summed E-state index contributed by atoms with van der Waals surface area (Å²) in [5, 5.41) is 19.4. The van der Waals surface area contributed by atoms with Crippen LogP contribution < -0.4 is 9.47 Å². The van der Waals surface area contributed by atoms with Gasteiger partial charge in [0, 0.05) is 11.0 Å². The quantitative estimate of drug-likeness (QED) is 0.403. The van der Waals surface area contributed by atoms with Gasteiger partial charge < -0.3 is 19.7 Å². The van der Waals surface area contributed by atoms with Gasteiger partial charge in [-0.15, -0.1) is 0 Å². The zero-order valence-electron chi connectivity index (χ0n) is 19.9. The zero-order chi connectivity index (χ0) is 24.2. The maximum atomic E-state index is 11.6. The van der Waals surface area contributed by atoms with Crippen molar-refractivity contribution < 1.29 is 24.5 Å². The summed E-state index contributed by atoms with van der Waals surface area (Å²) in [7, 11) is 0. The van der Waals surface area contributed by atoms with E-state index in [1.54, 1.807) is 6.07 Å². The number of aromatic carboxylic acids is 1. The van der Waals surface area contributed by atoms with E-state index in [9.17, 15) is 15.0 Å². The van der Waals surface area contributed by atoms with Gasteiger partial charge in [0.1, 0.15) is 36.0 Å². The largest absolute Gasteiger partial charge is 0.507 e. The number of hydrogen-bond donors (Lipinski definition) is 2. The average Bonchev–Trinajstić information content (AvgIpc) is 2.76. The number of aromatic hydroxyl groups is 1. The van der Waals surface area contributed by atoms with Crippen molar-refractivity contribution >= 4 is 5.97 Å². The van der Waals surface area contributed by atoms with E-state index in [0.29, 0.717) is 13.2 Å². The lowest BCUT2D eigenvalue weighted by Gasteiger charge is -2.32. The van der Waals surface area contributed by atoms with E-state index in [1.165, 1.54) is 12.1 Å². The van der Waals surface area contributed by atoms with Gasteiger partial charge in [0.25, 0.3) is 0 Å². The van der Waals surface area contributed by atoms with Crippen molar-refractivity contribution in [1.82, 2.24) is 0 Å². The third-order valence-corrected chi connectivity index (χ3v) is 5.79. The van der Waals surface area contributed by atoms with Gasteiger partial charge in [-0.25, -0.2) is 4.79 Å². The highest BCUT2D eigenvalue weighted by Crippen LogP contribution is 2.43. The smallest absolute Gasteiger partial charge is 0.339 e. The number of para-hydroxylation sites is 2. The van der Waals surface area contributed by atoms with Crippen LogP contribution in [0.1, 0.15) is 61.7 Å². The summed E-state index contributed by atoms with van der Waals surface area (Å²) >= 11 is 0. The van der Waals surface area contributed by atoms with Crippen LogP contribution in [0.25, 0.3) is 0 Å². The van der Waals surface area contributed by atoms with Crippen LogP contribution in [0, 0.1) is 0 Å². The Morgan fingerprint density at radius 1 is 0.818 bits per heavy atom. The van der Waals surface area contributed by atoms with E-state index in [2.05, 4.69) is 26.8 Å². The molecule has 3 rings (SSSR count). The van der Waals surface area contributed by atoms with Crippen LogP contribution in [-0.2, 0) is 10.8 Å². The molecule has 0 saturated carbocycles. The third-order valence-electron chi connectivity index (χ3n) is 5.79. The normalized spacial score (nSPS) is 11.8. The molecule has 0 amide bonds. The SMILES string of the molecule is CC(C)(C)c1cccc(C(C)(C)c2ccc(O)c(C(=O)O)c2)c1OCCOc1ccccc1. The van der Waals surface area contributed by atoms with Crippen molar-refractivity contribution in [2.24, 2.45) is 0 Å². The van der Waals surface area contributed by atoms with E-state index in [1.807, 2.05) is 56.3 Å². The van der Waals surface area contributed by atoms with Gasteiger partial charge in [-0.1, -0.05) is 77.1 Å². The Hall–Kier alpha value is -3.47. The molecule has 0 fully saturated rings. The van der Waals surface area contributed by atoms with E-state index in [-0.39, 0.29) is 16.7 Å². The van der Waals surface area contributed by atoms with Gasteiger partial charge >= 0.3 is 5.97 Å². The summed E-state index contributed by atoms with van der Waals surface area (Å²) in [6.07, 6.45) is 0. The Balaban J connectivity index is 1.97. The van der Waals surface area contributed by atoms with E-state index in [0.717, 1.165) is 28.2 Å². The van der Waals surface area contributed by atoms with Crippen LogP contribution in [0.4, 0.5) is 0 Å². The Morgan fingerprint density at radius 3 is 2.09 bits per heavy atom. The summed E-state index contributed by atoms with van der Waals surface area (Å²) in [4.78, 5) is 11.6. The fourth-order valence-corrected chi connectivity index (χ4v) is 3.85. The first-order valence-electron chi connectivity index (χ1n) is 11.0. The molecule has 0 saturated heterocycles. The number of benzene rings is 3. The fourth-order valence-electron chi connectivity index (χ4n) is 3.85. The molecule has 0 unspecified atom stereocenters. The minimum atomic E-state index is -1.16. The standard InChI is InChI=1S/C28H32O5/c1-27(2,3)22-12-9-13-23(25(22)33-17-16-32-20-10-7-6-8-11-20)28(4,5)19-14-15-24(29)21(18-19)26(30)31/h6-15,18,29H,16-17H2,1-5H3,(H,30,31). The van der Waals surface area contributed by atoms with Crippen molar-refractivity contribution in [3.63, 3.8) is 0 Å². The summed E-state index contributed by atoms with van der Waals surface area (Å²) in [6, 6.07) is 20.4. The molecular weight excluding hydrogens is 416 g/mol. The van der Waals surface area contributed by atoms with Gasteiger partial charge in [0.2, 0.25) is 0 Å². The minimum Gasteiger partial charge on any atom is -0.507 e. The zero-order valence-corrected chi connectivity index (χ0v) is 19.9.